The molecule has 2 aromatic carbocycles. The molecule has 158 valence electrons. The van der Waals surface area contributed by atoms with Crippen LogP contribution in [0.1, 0.15) is 22.3 Å². The van der Waals surface area contributed by atoms with Crippen molar-refractivity contribution in [1.82, 2.24) is 4.31 Å². The maximum atomic E-state index is 13.0. The molecule has 0 spiro atoms. The molecule has 1 aliphatic heterocycles. The Bertz CT molecular complexity index is 981. The van der Waals surface area contributed by atoms with E-state index < -0.39 is 10.0 Å². The van der Waals surface area contributed by atoms with E-state index in [-0.39, 0.29) is 0 Å². The summed E-state index contributed by atoms with van der Waals surface area (Å²) in [6, 6.07) is 9.39. The topological polar surface area (TPSA) is 60.3 Å². The smallest absolute Gasteiger partial charge is 0.243 e. The van der Waals surface area contributed by atoms with Crippen molar-refractivity contribution < 1.29 is 22.8 Å². The van der Waals surface area contributed by atoms with Crippen LogP contribution in [-0.4, -0.2) is 53.1 Å². The van der Waals surface area contributed by atoms with Gasteiger partial charge in [-0.25, -0.2) is 8.42 Å². The van der Waals surface area contributed by atoms with Crippen molar-refractivity contribution in [2.45, 2.75) is 32.2 Å². The van der Waals surface area contributed by atoms with Crippen LogP contribution in [0.15, 0.2) is 35.2 Å². The molecule has 1 aliphatic rings. The van der Waals surface area contributed by atoms with E-state index >= 15 is 0 Å². The minimum absolute atomic E-state index is 0.389. The molecule has 1 heterocycles. The molecule has 1 saturated heterocycles. The van der Waals surface area contributed by atoms with Gasteiger partial charge in [0.15, 0.2) is 11.5 Å². The van der Waals surface area contributed by atoms with Gasteiger partial charge in [0.1, 0.15) is 6.54 Å². The van der Waals surface area contributed by atoms with Gasteiger partial charge in [0, 0.05) is 5.56 Å². The number of quaternary nitrogens is 1. The molecule has 0 radical (unpaired) electrons. The molecular formula is C22H31N2O4S+. The second-order valence-electron chi connectivity index (χ2n) is 7.71. The predicted molar refractivity (Wildman–Crippen MR) is 113 cm³/mol. The fourth-order valence-electron chi connectivity index (χ4n) is 3.73. The standard InChI is InChI=1S/C22H30N2O4S/c1-16-6-7-20(12-17(16)2)29(25,26)24-10-8-23(9-11-24)15-19-14-22(28-5)21(27-4)13-18(19)3/h6-7,12-14H,8-11,15H2,1-5H3/p+1. The Morgan fingerprint density at radius 2 is 1.52 bits per heavy atom. The van der Waals surface area contributed by atoms with Gasteiger partial charge < -0.3 is 14.4 Å². The molecule has 0 aliphatic carbocycles. The van der Waals surface area contributed by atoms with Crippen molar-refractivity contribution in [2.75, 3.05) is 40.4 Å². The van der Waals surface area contributed by atoms with E-state index in [9.17, 15) is 8.42 Å². The van der Waals surface area contributed by atoms with E-state index in [2.05, 4.69) is 6.92 Å². The summed E-state index contributed by atoms with van der Waals surface area (Å²) in [5.41, 5.74) is 4.45. The lowest BCUT2D eigenvalue weighted by molar-refractivity contribution is -0.917. The monoisotopic (exact) mass is 419 g/mol. The molecule has 6 nitrogen and oxygen atoms in total. The molecule has 0 saturated carbocycles. The molecule has 0 unspecified atom stereocenters. The third kappa shape index (κ3) is 4.57. The van der Waals surface area contributed by atoms with E-state index in [0.29, 0.717) is 18.0 Å². The first-order valence-corrected chi connectivity index (χ1v) is 11.3. The highest BCUT2D eigenvalue weighted by molar-refractivity contribution is 7.89. The van der Waals surface area contributed by atoms with E-state index in [1.165, 1.54) is 10.5 Å². The van der Waals surface area contributed by atoms with Crippen LogP contribution in [0.5, 0.6) is 11.5 Å². The van der Waals surface area contributed by atoms with Gasteiger partial charge in [-0.15, -0.1) is 0 Å². The predicted octanol–water partition coefficient (Wildman–Crippen LogP) is 1.72. The Hall–Kier alpha value is -2.09. The van der Waals surface area contributed by atoms with Crippen LogP contribution in [0, 0.1) is 20.8 Å². The third-order valence-corrected chi connectivity index (χ3v) is 7.72. The first-order valence-electron chi connectivity index (χ1n) is 9.88. The minimum Gasteiger partial charge on any atom is -0.493 e. The third-order valence-electron chi connectivity index (χ3n) is 5.83. The first-order chi connectivity index (χ1) is 13.8. The van der Waals surface area contributed by atoms with Gasteiger partial charge in [-0.2, -0.15) is 4.31 Å². The molecule has 0 aromatic heterocycles. The average Bonchev–Trinajstić information content (AvgIpc) is 2.71. The number of nitrogens with zero attached hydrogens (tertiary/aromatic N) is 1. The Morgan fingerprint density at radius 1 is 0.897 bits per heavy atom. The van der Waals surface area contributed by atoms with Gasteiger partial charge in [0.05, 0.1) is 45.3 Å². The SMILES string of the molecule is COc1cc(C)c(C[NH+]2CCN(S(=O)(=O)c3ccc(C)c(C)c3)CC2)cc1OC. The minimum atomic E-state index is -3.44. The zero-order valence-corrected chi connectivity index (χ0v) is 18.7. The molecule has 1 fully saturated rings. The number of nitrogens with one attached hydrogen (secondary N) is 1. The largest absolute Gasteiger partial charge is 0.493 e. The summed E-state index contributed by atoms with van der Waals surface area (Å²) in [6.45, 7) is 9.44. The summed E-state index contributed by atoms with van der Waals surface area (Å²) < 4.78 is 38.4. The van der Waals surface area contributed by atoms with Gasteiger partial charge >= 0.3 is 0 Å². The summed E-state index contributed by atoms with van der Waals surface area (Å²) in [4.78, 5) is 1.76. The molecule has 7 heteroatoms. The second-order valence-corrected chi connectivity index (χ2v) is 9.65. The number of benzene rings is 2. The number of ether oxygens (including phenoxy) is 2. The van der Waals surface area contributed by atoms with Gasteiger partial charge in [-0.05, 0) is 61.7 Å². The maximum absolute atomic E-state index is 13.0. The van der Waals surface area contributed by atoms with Crippen LogP contribution in [0.25, 0.3) is 0 Å². The van der Waals surface area contributed by atoms with Gasteiger partial charge in [-0.3, -0.25) is 0 Å². The molecule has 1 N–H and O–H groups in total. The highest BCUT2D eigenvalue weighted by atomic mass is 32.2. The number of hydrogen-bond acceptors (Lipinski definition) is 4. The van der Waals surface area contributed by atoms with Crippen LogP contribution >= 0.6 is 0 Å². The van der Waals surface area contributed by atoms with Gasteiger partial charge in [0.25, 0.3) is 0 Å². The molecule has 0 bridgehead atoms. The molecule has 29 heavy (non-hydrogen) atoms. The highest BCUT2D eigenvalue weighted by Crippen LogP contribution is 2.30. The van der Waals surface area contributed by atoms with E-state index in [4.69, 9.17) is 9.47 Å². The fourth-order valence-corrected chi connectivity index (χ4v) is 5.25. The lowest BCUT2D eigenvalue weighted by atomic mass is 10.1. The quantitative estimate of drug-likeness (QED) is 0.775. The van der Waals surface area contributed by atoms with Crippen molar-refractivity contribution in [1.29, 1.82) is 0 Å². The van der Waals surface area contributed by atoms with Crippen LogP contribution < -0.4 is 14.4 Å². The van der Waals surface area contributed by atoms with Crippen molar-refractivity contribution in [2.24, 2.45) is 0 Å². The zero-order chi connectivity index (χ0) is 21.2. The van der Waals surface area contributed by atoms with Gasteiger partial charge in [-0.1, -0.05) is 6.07 Å². The Kier molecular flexibility index (Phi) is 6.51. The lowest BCUT2D eigenvalue weighted by Crippen LogP contribution is -3.13. The lowest BCUT2D eigenvalue weighted by Gasteiger charge is -2.32. The summed E-state index contributed by atoms with van der Waals surface area (Å²) in [6.07, 6.45) is 0. The first kappa shape index (κ1) is 21.6. The molecule has 0 atom stereocenters. The highest BCUT2D eigenvalue weighted by Gasteiger charge is 2.30. The van der Waals surface area contributed by atoms with Crippen LogP contribution in [-0.2, 0) is 16.6 Å². The molecular weight excluding hydrogens is 388 g/mol. The Morgan fingerprint density at radius 3 is 2.10 bits per heavy atom. The number of methoxy groups -OCH3 is 2. The Balaban J connectivity index is 1.68. The van der Waals surface area contributed by atoms with Gasteiger partial charge in [0.2, 0.25) is 10.0 Å². The Labute approximate surface area is 174 Å². The van der Waals surface area contributed by atoms with Crippen LogP contribution in [0.2, 0.25) is 0 Å². The number of sulfonamides is 1. The van der Waals surface area contributed by atoms with Crippen LogP contribution in [0.3, 0.4) is 0 Å². The normalized spacial score (nSPS) is 16.0. The summed E-state index contributed by atoms with van der Waals surface area (Å²) in [7, 11) is -0.166. The summed E-state index contributed by atoms with van der Waals surface area (Å²) in [5.74, 6) is 1.46. The molecule has 0 amide bonds. The van der Waals surface area contributed by atoms with E-state index in [0.717, 1.165) is 47.8 Å². The number of aryl methyl sites for hydroxylation is 3. The molecule has 3 rings (SSSR count). The fraction of sp³-hybridized carbons (Fsp3) is 0.455. The van der Waals surface area contributed by atoms with E-state index in [1.54, 1.807) is 30.7 Å². The summed E-state index contributed by atoms with van der Waals surface area (Å²) >= 11 is 0. The van der Waals surface area contributed by atoms with Crippen molar-refractivity contribution >= 4 is 10.0 Å². The van der Waals surface area contributed by atoms with E-state index in [1.807, 2.05) is 32.0 Å². The zero-order valence-electron chi connectivity index (χ0n) is 17.9. The maximum Gasteiger partial charge on any atom is 0.243 e. The van der Waals surface area contributed by atoms with Crippen molar-refractivity contribution in [3.8, 4) is 11.5 Å². The number of piperazine rings is 1. The molecule has 2 aromatic rings. The average molecular weight is 420 g/mol. The van der Waals surface area contributed by atoms with Crippen molar-refractivity contribution in [3.05, 3.63) is 52.6 Å². The van der Waals surface area contributed by atoms with Crippen LogP contribution in [0.4, 0.5) is 0 Å². The number of rotatable bonds is 6. The second kappa shape index (κ2) is 8.73. The number of hydrogen-bond donors (Lipinski definition) is 1. The summed E-state index contributed by atoms with van der Waals surface area (Å²) in [5, 5.41) is 0. The van der Waals surface area contributed by atoms with Crippen molar-refractivity contribution in [3.63, 3.8) is 0 Å².